The zero-order chi connectivity index (χ0) is 21.5. The molecule has 1 saturated carbocycles. The minimum Gasteiger partial charge on any atom is -0.497 e. The van der Waals surface area contributed by atoms with Gasteiger partial charge in [0.05, 0.1) is 13.5 Å². The van der Waals surface area contributed by atoms with Gasteiger partial charge in [-0.2, -0.15) is 0 Å². The fraction of sp³-hybridized carbons (Fsp3) is 0.440. The first-order chi connectivity index (χ1) is 14.5. The van der Waals surface area contributed by atoms with Crippen LogP contribution in [0.25, 0.3) is 0 Å². The maximum Gasteiger partial charge on any atom is 0.242 e. The van der Waals surface area contributed by atoms with Crippen LogP contribution in [-0.2, 0) is 22.6 Å². The van der Waals surface area contributed by atoms with Crippen LogP contribution in [0, 0.1) is 6.92 Å². The van der Waals surface area contributed by atoms with Gasteiger partial charge in [0.2, 0.25) is 11.8 Å². The van der Waals surface area contributed by atoms with Crippen molar-refractivity contribution in [1.29, 1.82) is 0 Å². The Labute approximate surface area is 179 Å². The van der Waals surface area contributed by atoms with E-state index >= 15 is 0 Å². The molecule has 1 N–H and O–H groups in total. The number of nitrogens with zero attached hydrogens (tertiary/aromatic N) is 1. The largest absolute Gasteiger partial charge is 0.497 e. The van der Waals surface area contributed by atoms with Crippen molar-refractivity contribution in [2.24, 2.45) is 0 Å². The minimum absolute atomic E-state index is 0.0521. The molecular weight excluding hydrogens is 376 g/mol. The third-order valence-electron chi connectivity index (χ3n) is 5.86. The monoisotopic (exact) mass is 408 g/mol. The molecule has 30 heavy (non-hydrogen) atoms. The highest BCUT2D eigenvalue weighted by Crippen LogP contribution is 2.19. The van der Waals surface area contributed by atoms with Gasteiger partial charge in [-0.05, 0) is 49.9 Å². The molecule has 2 aromatic carbocycles. The van der Waals surface area contributed by atoms with E-state index in [9.17, 15) is 9.59 Å². The van der Waals surface area contributed by atoms with E-state index < -0.39 is 6.04 Å². The Morgan fingerprint density at radius 2 is 1.63 bits per heavy atom. The van der Waals surface area contributed by atoms with Crippen LogP contribution in [0.1, 0.15) is 49.3 Å². The topological polar surface area (TPSA) is 58.6 Å². The second-order valence-electron chi connectivity index (χ2n) is 8.20. The van der Waals surface area contributed by atoms with Crippen molar-refractivity contribution in [3.8, 4) is 5.75 Å². The van der Waals surface area contributed by atoms with Gasteiger partial charge in [0.25, 0.3) is 0 Å². The highest BCUT2D eigenvalue weighted by molar-refractivity contribution is 5.88. The van der Waals surface area contributed by atoms with Crippen molar-refractivity contribution < 1.29 is 14.3 Å². The summed E-state index contributed by atoms with van der Waals surface area (Å²) in [4.78, 5) is 27.8. The predicted molar refractivity (Wildman–Crippen MR) is 118 cm³/mol. The summed E-state index contributed by atoms with van der Waals surface area (Å²) in [5.74, 6) is 0.639. The van der Waals surface area contributed by atoms with Crippen molar-refractivity contribution in [2.75, 3.05) is 7.11 Å². The number of amides is 2. The first-order valence-corrected chi connectivity index (χ1v) is 10.7. The molecule has 160 valence electrons. The normalized spacial score (nSPS) is 14.9. The van der Waals surface area contributed by atoms with Crippen LogP contribution in [0.2, 0.25) is 0 Å². The van der Waals surface area contributed by atoms with Gasteiger partial charge in [-0.25, -0.2) is 0 Å². The molecule has 0 aliphatic heterocycles. The van der Waals surface area contributed by atoms with Crippen LogP contribution in [0.5, 0.6) is 5.75 Å². The lowest BCUT2D eigenvalue weighted by Gasteiger charge is -2.30. The summed E-state index contributed by atoms with van der Waals surface area (Å²) in [6, 6.07) is 15.3. The first-order valence-electron chi connectivity index (χ1n) is 10.7. The number of nitrogens with one attached hydrogen (secondary N) is 1. The third-order valence-corrected chi connectivity index (χ3v) is 5.86. The Bertz CT molecular complexity index is 840. The van der Waals surface area contributed by atoms with Gasteiger partial charge in [-0.15, -0.1) is 0 Å². The Hall–Kier alpha value is -2.82. The summed E-state index contributed by atoms with van der Waals surface area (Å²) in [7, 11) is 1.63. The lowest BCUT2D eigenvalue weighted by Crippen LogP contribution is -2.50. The molecule has 2 amide bonds. The molecule has 0 radical (unpaired) electrons. The van der Waals surface area contributed by atoms with E-state index in [2.05, 4.69) is 5.32 Å². The molecule has 3 rings (SSSR count). The van der Waals surface area contributed by atoms with E-state index in [4.69, 9.17) is 4.74 Å². The smallest absolute Gasteiger partial charge is 0.242 e. The highest BCUT2D eigenvalue weighted by Gasteiger charge is 2.28. The summed E-state index contributed by atoms with van der Waals surface area (Å²) in [5, 5.41) is 3.14. The van der Waals surface area contributed by atoms with E-state index in [-0.39, 0.29) is 24.3 Å². The van der Waals surface area contributed by atoms with Crippen LogP contribution >= 0.6 is 0 Å². The molecular formula is C25H32N2O3. The predicted octanol–water partition coefficient (Wildman–Crippen LogP) is 4.02. The molecule has 1 aliphatic carbocycles. The van der Waals surface area contributed by atoms with Crippen molar-refractivity contribution in [2.45, 2.75) is 64.6 Å². The molecule has 0 saturated heterocycles. The van der Waals surface area contributed by atoms with Crippen LogP contribution < -0.4 is 10.1 Å². The fourth-order valence-corrected chi connectivity index (χ4v) is 3.88. The van der Waals surface area contributed by atoms with Gasteiger partial charge in [0.1, 0.15) is 11.8 Å². The second-order valence-corrected chi connectivity index (χ2v) is 8.20. The molecule has 1 aliphatic rings. The number of ether oxygens (including phenoxy) is 1. The van der Waals surface area contributed by atoms with Gasteiger partial charge in [-0.1, -0.05) is 54.8 Å². The minimum atomic E-state index is -0.536. The maximum atomic E-state index is 13.2. The number of rotatable bonds is 8. The molecule has 0 aromatic heterocycles. The number of hydrogen-bond donors (Lipinski definition) is 1. The average Bonchev–Trinajstić information content (AvgIpc) is 3.26. The van der Waals surface area contributed by atoms with E-state index in [0.29, 0.717) is 6.54 Å². The van der Waals surface area contributed by atoms with E-state index in [1.165, 1.54) is 0 Å². The molecule has 0 unspecified atom stereocenters. The Morgan fingerprint density at radius 1 is 1.03 bits per heavy atom. The maximum absolute atomic E-state index is 13.2. The Morgan fingerprint density at radius 3 is 2.23 bits per heavy atom. The van der Waals surface area contributed by atoms with Crippen LogP contribution in [0.3, 0.4) is 0 Å². The number of carbonyl (C=O) groups excluding carboxylic acids is 2. The number of hydrogen-bond acceptors (Lipinski definition) is 3. The molecule has 1 fully saturated rings. The highest BCUT2D eigenvalue weighted by atomic mass is 16.5. The van der Waals surface area contributed by atoms with Crippen LogP contribution in [0.4, 0.5) is 0 Å². The lowest BCUT2D eigenvalue weighted by atomic mass is 10.1. The third kappa shape index (κ3) is 5.85. The summed E-state index contributed by atoms with van der Waals surface area (Å²) >= 11 is 0. The van der Waals surface area contributed by atoms with Crippen molar-refractivity contribution in [1.82, 2.24) is 10.2 Å². The average molecular weight is 409 g/mol. The second kappa shape index (κ2) is 10.3. The fourth-order valence-electron chi connectivity index (χ4n) is 3.88. The number of methoxy groups -OCH3 is 1. The van der Waals surface area contributed by atoms with Crippen molar-refractivity contribution in [3.05, 3.63) is 65.2 Å². The SMILES string of the molecule is COc1ccc(CN(C(=O)Cc2ccc(C)cc2)[C@@H](C)C(=O)NC2CCCC2)cc1. The number of aryl methyl sites for hydroxylation is 1. The molecule has 0 spiro atoms. The standard InChI is InChI=1S/C25H32N2O3/c1-18-8-10-20(11-9-18)16-24(28)27(17-21-12-14-23(30-3)15-13-21)19(2)25(29)26-22-6-4-5-7-22/h8-15,19,22H,4-7,16-17H2,1-3H3,(H,26,29)/t19-/m0/s1. The Kier molecular flexibility index (Phi) is 7.50. The molecule has 5 nitrogen and oxygen atoms in total. The van der Waals surface area contributed by atoms with Crippen LogP contribution in [-0.4, -0.2) is 35.9 Å². The quantitative estimate of drug-likeness (QED) is 0.718. The van der Waals surface area contributed by atoms with Crippen molar-refractivity contribution >= 4 is 11.8 Å². The van der Waals surface area contributed by atoms with Gasteiger partial charge in [0.15, 0.2) is 0 Å². The molecule has 0 heterocycles. The summed E-state index contributed by atoms with van der Waals surface area (Å²) in [6.45, 7) is 4.23. The molecule has 1 atom stereocenters. The summed E-state index contributed by atoms with van der Waals surface area (Å²) in [5.41, 5.74) is 3.08. The summed E-state index contributed by atoms with van der Waals surface area (Å²) in [6.07, 6.45) is 4.63. The first kappa shape index (κ1) is 21.9. The lowest BCUT2D eigenvalue weighted by molar-refractivity contribution is -0.140. The van der Waals surface area contributed by atoms with E-state index in [1.54, 1.807) is 12.0 Å². The van der Waals surface area contributed by atoms with E-state index in [1.807, 2.05) is 62.4 Å². The van der Waals surface area contributed by atoms with Gasteiger partial charge in [-0.3, -0.25) is 9.59 Å². The van der Waals surface area contributed by atoms with Gasteiger partial charge >= 0.3 is 0 Å². The number of carbonyl (C=O) groups is 2. The molecule has 5 heteroatoms. The van der Waals surface area contributed by atoms with Gasteiger partial charge < -0.3 is 15.0 Å². The van der Waals surface area contributed by atoms with E-state index in [0.717, 1.165) is 48.1 Å². The summed E-state index contributed by atoms with van der Waals surface area (Å²) < 4.78 is 5.23. The van der Waals surface area contributed by atoms with Crippen molar-refractivity contribution in [3.63, 3.8) is 0 Å². The zero-order valence-electron chi connectivity index (χ0n) is 18.2. The van der Waals surface area contributed by atoms with Gasteiger partial charge in [0, 0.05) is 12.6 Å². The molecule has 0 bridgehead atoms. The molecule has 2 aromatic rings. The zero-order valence-corrected chi connectivity index (χ0v) is 18.2. The number of benzene rings is 2. The Balaban J connectivity index is 1.75. The van der Waals surface area contributed by atoms with Crippen LogP contribution in [0.15, 0.2) is 48.5 Å².